The van der Waals surface area contributed by atoms with E-state index in [1.165, 1.54) is 11.6 Å². The van der Waals surface area contributed by atoms with Crippen LogP contribution in [0.25, 0.3) is 6.08 Å². The topological polar surface area (TPSA) is 49.4 Å². The zero-order valence-electron chi connectivity index (χ0n) is 12.0. The van der Waals surface area contributed by atoms with Crippen LogP contribution in [0.4, 0.5) is 5.69 Å². The van der Waals surface area contributed by atoms with Crippen molar-refractivity contribution >= 4 is 34.9 Å². The molecule has 1 aliphatic heterocycles. The van der Waals surface area contributed by atoms with Crippen LogP contribution in [0.3, 0.4) is 0 Å². The summed E-state index contributed by atoms with van der Waals surface area (Å²) in [4.78, 5) is 25.7. The minimum atomic E-state index is -0.257. The molecule has 0 saturated heterocycles. The number of hydrogen-bond donors (Lipinski definition) is 1. The number of benzene rings is 1. The van der Waals surface area contributed by atoms with E-state index in [1.54, 1.807) is 22.3 Å². The molecule has 1 aliphatic rings. The smallest absolute Gasteiger partial charge is 0.246 e. The van der Waals surface area contributed by atoms with Crippen molar-refractivity contribution < 1.29 is 9.59 Å². The van der Waals surface area contributed by atoms with Crippen LogP contribution in [-0.2, 0) is 16.0 Å². The second-order valence-corrected chi connectivity index (χ2v) is 5.81. The monoisotopic (exact) mass is 312 g/mol. The van der Waals surface area contributed by atoms with Gasteiger partial charge in [-0.15, -0.1) is 0 Å². The first-order valence-corrected chi connectivity index (χ1v) is 8.05. The summed E-state index contributed by atoms with van der Waals surface area (Å²) in [5.41, 5.74) is 3.12. The molecule has 4 nitrogen and oxygen atoms in total. The first-order valence-electron chi connectivity index (χ1n) is 7.10. The summed E-state index contributed by atoms with van der Waals surface area (Å²) < 4.78 is 0. The number of carbonyl (C=O) groups is 2. The zero-order valence-corrected chi connectivity index (χ0v) is 12.8. The average Bonchev–Trinajstić information content (AvgIpc) is 3.19. The van der Waals surface area contributed by atoms with Crippen LogP contribution in [0, 0.1) is 0 Å². The van der Waals surface area contributed by atoms with Crippen molar-refractivity contribution in [3.63, 3.8) is 0 Å². The van der Waals surface area contributed by atoms with Crippen LogP contribution in [-0.4, -0.2) is 24.9 Å². The van der Waals surface area contributed by atoms with E-state index >= 15 is 0 Å². The Kier molecular flexibility index (Phi) is 4.34. The van der Waals surface area contributed by atoms with E-state index in [1.807, 2.05) is 41.1 Å². The summed E-state index contributed by atoms with van der Waals surface area (Å²) in [6.45, 7) is 0.694. The van der Waals surface area contributed by atoms with Crippen LogP contribution in [0.15, 0.2) is 47.2 Å². The van der Waals surface area contributed by atoms with Crippen molar-refractivity contribution in [3.05, 3.63) is 58.3 Å². The normalized spacial score (nSPS) is 13.4. The lowest BCUT2D eigenvalue weighted by Crippen LogP contribution is -2.38. The minimum Gasteiger partial charge on any atom is -0.343 e. The maximum atomic E-state index is 12.2. The number of carbonyl (C=O) groups excluding carboxylic acids is 2. The molecule has 0 spiro atoms. The minimum absolute atomic E-state index is 0.0150. The standard InChI is InChI=1S/C17H16N2O2S/c20-16(6-5-13-8-10-22-12-13)18-11-17(21)19-9-7-14-3-1-2-4-15(14)19/h1-6,8,10,12H,7,9,11H2,(H,18,20)/b6-5-. The van der Waals surface area contributed by atoms with Crippen molar-refractivity contribution in [1.29, 1.82) is 0 Å². The van der Waals surface area contributed by atoms with Gasteiger partial charge in [0.05, 0.1) is 6.54 Å². The summed E-state index contributed by atoms with van der Waals surface area (Å²) >= 11 is 1.58. The number of thiophene rings is 1. The molecule has 22 heavy (non-hydrogen) atoms. The van der Waals surface area contributed by atoms with E-state index in [0.717, 1.165) is 17.7 Å². The predicted molar refractivity (Wildman–Crippen MR) is 88.9 cm³/mol. The fourth-order valence-corrected chi connectivity index (χ4v) is 3.08. The number of anilines is 1. The van der Waals surface area contributed by atoms with Crippen molar-refractivity contribution in [3.8, 4) is 0 Å². The van der Waals surface area contributed by atoms with Gasteiger partial charge < -0.3 is 10.2 Å². The second-order valence-electron chi connectivity index (χ2n) is 5.03. The number of fused-ring (bicyclic) bond motifs is 1. The largest absolute Gasteiger partial charge is 0.343 e. The molecular weight excluding hydrogens is 296 g/mol. The molecule has 5 heteroatoms. The van der Waals surface area contributed by atoms with Crippen molar-refractivity contribution in [2.45, 2.75) is 6.42 Å². The highest BCUT2D eigenvalue weighted by Crippen LogP contribution is 2.27. The van der Waals surface area contributed by atoms with E-state index < -0.39 is 0 Å². The molecule has 1 aromatic carbocycles. The molecule has 0 radical (unpaired) electrons. The van der Waals surface area contributed by atoms with E-state index in [0.29, 0.717) is 6.54 Å². The molecule has 0 atom stereocenters. The highest BCUT2D eigenvalue weighted by Gasteiger charge is 2.23. The van der Waals surface area contributed by atoms with Gasteiger partial charge in [0.1, 0.15) is 0 Å². The lowest BCUT2D eigenvalue weighted by molar-refractivity contribution is -0.122. The zero-order chi connectivity index (χ0) is 15.4. The third-order valence-electron chi connectivity index (χ3n) is 3.57. The van der Waals surface area contributed by atoms with E-state index in [9.17, 15) is 9.59 Å². The summed E-state index contributed by atoms with van der Waals surface area (Å²) in [5, 5.41) is 6.54. The third kappa shape index (κ3) is 3.26. The van der Waals surface area contributed by atoms with Gasteiger partial charge in [-0.2, -0.15) is 11.3 Å². The Morgan fingerprint density at radius 3 is 2.95 bits per heavy atom. The number of amides is 2. The van der Waals surface area contributed by atoms with E-state index in [2.05, 4.69) is 5.32 Å². The van der Waals surface area contributed by atoms with Gasteiger partial charge in [-0.05, 0) is 46.5 Å². The molecule has 2 aromatic rings. The molecule has 2 heterocycles. The van der Waals surface area contributed by atoms with Gasteiger partial charge in [0.25, 0.3) is 0 Å². The molecule has 3 rings (SSSR count). The van der Waals surface area contributed by atoms with Crippen LogP contribution < -0.4 is 10.2 Å². The van der Waals surface area contributed by atoms with E-state index in [4.69, 9.17) is 0 Å². The van der Waals surface area contributed by atoms with Crippen molar-refractivity contribution in [2.75, 3.05) is 18.0 Å². The fourth-order valence-electron chi connectivity index (χ4n) is 2.46. The third-order valence-corrected chi connectivity index (χ3v) is 4.27. The molecule has 112 valence electrons. The second kappa shape index (κ2) is 6.58. The number of para-hydroxylation sites is 1. The fraction of sp³-hybridized carbons (Fsp3) is 0.176. The van der Waals surface area contributed by atoms with Gasteiger partial charge in [0.2, 0.25) is 11.8 Å². The van der Waals surface area contributed by atoms with E-state index in [-0.39, 0.29) is 18.4 Å². The van der Waals surface area contributed by atoms with Crippen LogP contribution in [0.1, 0.15) is 11.1 Å². The molecule has 0 saturated carbocycles. The summed E-state index contributed by atoms with van der Waals surface area (Å²) in [7, 11) is 0. The van der Waals surface area contributed by atoms with Crippen LogP contribution >= 0.6 is 11.3 Å². The van der Waals surface area contributed by atoms with Gasteiger partial charge in [-0.3, -0.25) is 9.59 Å². The molecule has 0 unspecified atom stereocenters. The number of rotatable bonds is 4. The lowest BCUT2D eigenvalue weighted by atomic mass is 10.2. The number of nitrogens with zero attached hydrogens (tertiary/aromatic N) is 1. The molecule has 0 bridgehead atoms. The Morgan fingerprint density at radius 1 is 1.27 bits per heavy atom. The Hall–Kier alpha value is -2.40. The highest BCUT2D eigenvalue weighted by atomic mass is 32.1. The molecule has 2 amide bonds. The first kappa shape index (κ1) is 14.5. The average molecular weight is 312 g/mol. The Balaban J connectivity index is 1.54. The van der Waals surface area contributed by atoms with Gasteiger partial charge in [0, 0.05) is 18.3 Å². The summed E-state index contributed by atoms with van der Waals surface area (Å²) in [6.07, 6.45) is 4.06. The Bertz CT molecular complexity index is 707. The Labute approximate surface area is 133 Å². The predicted octanol–water partition coefficient (Wildman–Crippen LogP) is 2.47. The Morgan fingerprint density at radius 2 is 2.14 bits per heavy atom. The first-order chi connectivity index (χ1) is 10.7. The lowest BCUT2D eigenvalue weighted by Gasteiger charge is -2.17. The maximum absolute atomic E-state index is 12.2. The summed E-state index contributed by atoms with van der Waals surface area (Å²) in [6, 6.07) is 9.81. The highest BCUT2D eigenvalue weighted by molar-refractivity contribution is 7.08. The SMILES string of the molecule is O=C(/C=C\c1ccsc1)NCC(=O)N1CCc2ccccc21. The molecule has 0 fully saturated rings. The maximum Gasteiger partial charge on any atom is 0.246 e. The van der Waals surface area contributed by atoms with Gasteiger partial charge in [-0.1, -0.05) is 18.2 Å². The van der Waals surface area contributed by atoms with Gasteiger partial charge in [0.15, 0.2) is 0 Å². The number of hydrogen-bond acceptors (Lipinski definition) is 3. The van der Waals surface area contributed by atoms with Crippen molar-refractivity contribution in [1.82, 2.24) is 5.32 Å². The van der Waals surface area contributed by atoms with Gasteiger partial charge >= 0.3 is 0 Å². The molecule has 0 aliphatic carbocycles. The molecule has 1 aromatic heterocycles. The van der Waals surface area contributed by atoms with Crippen LogP contribution in [0.5, 0.6) is 0 Å². The van der Waals surface area contributed by atoms with Gasteiger partial charge in [-0.25, -0.2) is 0 Å². The quantitative estimate of drug-likeness (QED) is 0.882. The number of nitrogens with one attached hydrogen (secondary N) is 1. The molecule has 1 N–H and O–H groups in total. The molecular formula is C17H16N2O2S. The van der Waals surface area contributed by atoms with Crippen LogP contribution in [0.2, 0.25) is 0 Å². The summed E-state index contributed by atoms with van der Waals surface area (Å²) in [5.74, 6) is -0.339. The van der Waals surface area contributed by atoms with Crippen molar-refractivity contribution in [2.24, 2.45) is 0 Å².